The number of hydrogen-bond acceptors (Lipinski definition) is 2. The van der Waals surface area contributed by atoms with Crippen molar-refractivity contribution in [3.8, 4) is 0 Å². The van der Waals surface area contributed by atoms with Crippen LogP contribution < -0.4 is 0 Å². The summed E-state index contributed by atoms with van der Waals surface area (Å²) in [7, 11) is 0. The molecule has 0 N–H and O–H groups in total. The van der Waals surface area contributed by atoms with Crippen molar-refractivity contribution < 1.29 is 4.79 Å². The van der Waals surface area contributed by atoms with Crippen LogP contribution in [0.4, 0.5) is 0 Å². The molecule has 1 saturated carbocycles. The molecule has 0 aromatic carbocycles. The van der Waals surface area contributed by atoms with E-state index in [0.29, 0.717) is 11.8 Å². The lowest BCUT2D eigenvalue weighted by Crippen LogP contribution is -2.33. The highest BCUT2D eigenvalue weighted by Gasteiger charge is 2.26. The molecule has 0 heterocycles. The lowest BCUT2D eigenvalue weighted by atomic mass is 10.1. The first-order valence-electron chi connectivity index (χ1n) is 7.17. The van der Waals surface area contributed by atoms with Gasteiger partial charge in [0.2, 0.25) is 0 Å². The van der Waals surface area contributed by atoms with Crippen LogP contribution in [0.5, 0.6) is 0 Å². The van der Waals surface area contributed by atoms with Gasteiger partial charge in [0.05, 0.1) is 0 Å². The number of nitrogens with zero attached hydrogens (tertiary/aromatic N) is 1. The quantitative estimate of drug-likeness (QED) is 0.726. The zero-order valence-electron chi connectivity index (χ0n) is 11.2. The second-order valence-electron chi connectivity index (χ2n) is 5.92. The van der Waals surface area contributed by atoms with Crippen LogP contribution in [-0.4, -0.2) is 23.3 Å². The number of ketones is 1. The first-order valence-corrected chi connectivity index (χ1v) is 7.17. The van der Waals surface area contributed by atoms with E-state index in [1.165, 1.54) is 37.8 Å². The molecule has 2 nitrogen and oxygen atoms in total. The van der Waals surface area contributed by atoms with E-state index in [-0.39, 0.29) is 0 Å². The van der Waals surface area contributed by atoms with Gasteiger partial charge in [-0.3, -0.25) is 4.79 Å². The van der Waals surface area contributed by atoms with Crippen molar-refractivity contribution in [2.45, 2.75) is 64.8 Å². The van der Waals surface area contributed by atoms with Crippen molar-refractivity contribution in [3.63, 3.8) is 0 Å². The summed E-state index contributed by atoms with van der Waals surface area (Å²) in [4.78, 5) is 14.0. The van der Waals surface area contributed by atoms with Gasteiger partial charge in [0.25, 0.3) is 0 Å². The van der Waals surface area contributed by atoms with Crippen LogP contribution in [0.3, 0.4) is 0 Å². The Balaban J connectivity index is 2.01. The molecule has 2 aliphatic rings. The molecule has 0 amide bonds. The molecule has 0 aliphatic heterocycles. The van der Waals surface area contributed by atoms with E-state index in [2.05, 4.69) is 18.7 Å². The largest absolute Gasteiger partial charge is 0.372 e. The van der Waals surface area contributed by atoms with Crippen molar-refractivity contribution in [1.29, 1.82) is 0 Å². The first-order chi connectivity index (χ1) is 8.16. The second-order valence-corrected chi connectivity index (χ2v) is 5.92. The summed E-state index contributed by atoms with van der Waals surface area (Å²) in [6.07, 6.45) is 10.2. The summed E-state index contributed by atoms with van der Waals surface area (Å²) in [5.41, 5.74) is 1.32. The van der Waals surface area contributed by atoms with E-state index in [9.17, 15) is 4.79 Å². The SMILES string of the molecule is CC(C)CCN(C1=CC(=O)CC1)C1CCCC1. The fourth-order valence-corrected chi connectivity index (χ4v) is 2.98. The van der Waals surface area contributed by atoms with Gasteiger partial charge in [-0.05, 0) is 31.6 Å². The summed E-state index contributed by atoms with van der Waals surface area (Å²) in [5, 5.41) is 0. The Morgan fingerprint density at radius 2 is 2.00 bits per heavy atom. The summed E-state index contributed by atoms with van der Waals surface area (Å²) in [5.74, 6) is 1.07. The third kappa shape index (κ3) is 3.34. The Morgan fingerprint density at radius 3 is 2.53 bits per heavy atom. The number of carbonyl (C=O) groups excluding carboxylic acids is 1. The number of rotatable bonds is 5. The van der Waals surface area contributed by atoms with Gasteiger partial charge in [-0.25, -0.2) is 0 Å². The average Bonchev–Trinajstić information content (AvgIpc) is 2.90. The lowest BCUT2D eigenvalue weighted by molar-refractivity contribution is -0.114. The standard InChI is InChI=1S/C15H25NO/c1-12(2)9-10-16(13-5-3-4-6-13)14-7-8-15(17)11-14/h11-13H,3-10H2,1-2H3. The smallest absolute Gasteiger partial charge is 0.157 e. The molecule has 2 rings (SSSR count). The minimum Gasteiger partial charge on any atom is -0.372 e. The van der Waals surface area contributed by atoms with E-state index in [1.54, 1.807) is 0 Å². The molecule has 0 spiro atoms. The van der Waals surface area contributed by atoms with Crippen LogP contribution in [0.25, 0.3) is 0 Å². The molecule has 0 saturated heterocycles. The summed E-state index contributed by atoms with van der Waals surface area (Å²) >= 11 is 0. The summed E-state index contributed by atoms with van der Waals surface area (Å²) < 4.78 is 0. The molecule has 0 aromatic heterocycles. The predicted molar refractivity (Wildman–Crippen MR) is 70.7 cm³/mol. The molecule has 2 aliphatic carbocycles. The van der Waals surface area contributed by atoms with Crippen molar-refractivity contribution in [3.05, 3.63) is 11.8 Å². The topological polar surface area (TPSA) is 20.3 Å². The van der Waals surface area contributed by atoms with Gasteiger partial charge in [0.15, 0.2) is 5.78 Å². The van der Waals surface area contributed by atoms with Gasteiger partial charge in [-0.1, -0.05) is 26.7 Å². The van der Waals surface area contributed by atoms with Gasteiger partial charge in [-0.2, -0.15) is 0 Å². The van der Waals surface area contributed by atoms with Crippen LogP contribution in [0.1, 0.15) is 58.8 Å². The molecular formula is C15H25NO. The molecule has 2 heteroatoms. The Bertz CT molecular complexity index is 300. The molecule has 0 aromatic rings. The molecule has 0 atom stereocenters. The maximum absolute atomic E-state index is 11.4. The van der Waals surface area contributed by atoms with Crippen LogP contribution in [0, 0.1) is 5.92 Å². The van der Waals surface area contributed by atoms with E-state index < -0.39 is 0 Å². The van der Waals surface area contributed by atoms with Gasteiger partial charge in [0, 0.05) is 30.8 Å². The summed E-state index contributed by atoms with van der Waals surface area (Å²) in [6.45, 7) is 5.70. The lowest BCUT2D eigenvalue weighted by Gasteiger charge is -2.32. The number of hydrogen-bond donors (Lipinski definition) is 0. The Kier molecular flexibility index (Phi) is 4.25. The van der Waals surface area contributed by atoms with Crippen LogP contribution in [0.2, 0.25) is 0 Å². The van der Waals surface area contributed by atoms with Crippen molar-refractivity contribution in [2.75, 3.05) is 6.54 Å². The van der Waals surface area contributed by atoms with Crippen molar-refractivity contribution in [1.82, 2.24) is 4.90 Å². The Hall–Kier alpha value is -0.790. The minimum atomic E-state index is 0.326. The van der Waals surface area contributed by atoms with Crippen molar-refractivity contribution >= 4 is 5.78 Å². The number of carbonyl (C=O) groups is 1. The fourth-order valence-electron chi connectivity index (χ4n) is 2.98. The highest BCUT2D eigenvalue weighted by Crippen LogP contribution is 2.30. The van der Waals surface area contributed by atoms with Crippen LogP contribution in [0.15, 0.2) is 11.8 Å². The maximum atomic E-state index is 11.4. The van der Waals surface area contributed by atoms with E-state index in [1.807, 2.05) is 6.08 Å². The third-order valence-electron chi connectivity index (χ3n) is 4.04. The average molecular weight is 235 g/mol. The molecule has 96 valence electrons. The second kappa shape index (κ2) is 5.70. The van der Waals surface area contributed by atoms with Gasteiger partial charge < -0.3 is 4.90 Å². The van der Waals surface area contributed by atoms with Crippen molar-refractivity contribution in [2.24, 2.45) is 5.92 Å². The van der Waals surface area contributed by atoms with E-state index >= 15 is 0 Å². The van der Waals surface area contributed by atoms with Gasteiger partial charge in [-0.15, -0.1) is 0 Å². The normalized spacial score (nSPS) is 21.4. The molecule has 1 fully saturated rings. The maximum Gasteiger partial charge on any atom is 0.157 e. The molecule has 0 unspecified atom stereocenters. The summed E-state index contributed by atoms with van der Waals surface area (Å²) in [6, 6.07) is 0.714. The zero-order chi connectivity index (χ0) is 12.3. The third-order valence-corrected chi connectivity index (χ3v) is 4.04. The number of allylic oxidation sites excluding steroid dienone is 2. The minimum absolute atomic E-state index is 0.326. The predicted octanol–water partition coefficient (Wildman–Crippen LogP) is 3.52. The van der Waals surface area contributed by atoms with Gasteiger partial charge in [0.1, 0.15) is 0 Å². The molecule has 0 bridgehead atoms. The molecule has 0 radical (unpaired) electrons. The van der Waals surface area contributed by atoms with Crippen LogP contribution >= 0.6 is 0 Å². The first kappa shape index (κ1) is 12.7. The van der Waals surface area contributed by atoms with Crippen LogP contribution in [-0.2, 0) is 4.79 Å². The van der Waals surface area contributed by atoms with Gasteiger partial charge >= 0.3 is 0 Å². The zero-order valence-corrected chi connectivity index (χ0v) is 11.2. The van der Waals surface area contributed by atoms with E-state index in [4.69, 9.17) is 0 Å². The van der Waals surface area contributed by atoms with E-state index in [0.717, 1.165) is 25.3 Å². The monoisotopic (exact) mass is 235 g/mol. The molecular weight excluding hydrogens is 210 g/mol. The Labute approximate surface area is 105 Å². The highest BCUT2D eigenvalue weighted by atomic mass is 16.1. The fraction of sp³-hybridized carbons (Fsp3) is 0.800. The highest BCUT2D eigenvalue weighted by molar-refractivity contribution is 5.92. The Morgan fingerprint density at radius 1 is 1.29 bits per heavy atom. The molecule has 17 heavy (non-hydrogen) atoms.